The average molecular weight is 209 g/mol. The fourth-order valence-electron chi connectivity index (χ4n) is 1.64. The number of rotatable bonds is 5. The lowest BCUT2D eigenvalue weighted by atomic mass is 9.96. The van der Waals surface area contributed by atoms with Gasteiger partial charge in [0.15, 0.2) is 0 Å². The summed E-state index contributed by atoms with van der Waals surface area (Å²) in [5.74, 6) is 0.263. The van der Waals surface area contributed by atoms with Crippen LogP contribution in [0.25, 0.3) is 0 Å². The molecule has 0 radical (unpaired) electrons. The zero-order chi connectivity index (χ0) is 11.3. The number of hydrogen-bond acceptors (Lipinski definition) is 1. The minimum atomic E-state index is -0.143. The molecule has 0 aliphatic heterocycles. The third kappa shape index (κ3) is 4.00. The zero-order valence-electron chi connectivity index (χ0n) is 9.76. The summed E-state index contributed by atoms with van der Waals surface area (Å²) in [7, 11) is 0. The molecule has 1 rings (SSSR count). The molecule has 0 heterocycles. The number of halogens is 1. The molecule has 0 bridgehead atoms. The molecule has 0 spiro atoms. The lowest BCUT2D eigenvalue weighted by Crippen LogP contribution is -2.27. The molecular weight excluding hydrogens is 189 g/mol. The Kier molecular flexibility index (Phi) is 4.76. The van der Waals surface area contributed by atoms with Gasteiger partial charge in [0.2, 0.25) is 0 Å². The summed E-state index contributed by atoms with van der Waals surface area (Å²) < 4.78 is 13.0. The van der Waals surface area contributed by atoms with Crippen LogP contribution in [0.3, 0.4) is 0 Å². The fourth-order valence-corrected chi connectivity index (χ4v) is 1.64. The van der Waals surface area contributed by atoms with E-state index in [1.165, 1.54) is 6.07 Å². The van der Waals surface area contributed by atoms with E-state index in [2.05, 4.69) is 26.1 Å². The summed E-state index contributed by atoms with van der Waals surface area (Å²) in [6.45, 7) is 7.30. The van der Waals surface area contributed by atoms with Crippen LogP contribution in [0.2, 0.25) is 0 Å². The van der Waals surface area contributed by atoms with Crippen LogP contribution in [0.4, 0.5) is 4.39 Å². The van der Waals surface area contributed by atoms with E-state index in [0.717, 1.165) is 18.5 Å². The molecule has 0 aliphatic rings. The van der Waals surface area contributed by atoms with E-state index in [0.29, 0.717) is 12.0 Å². The van der Waals surface area contributed by atoms with Crippen molar-refractivity contribution in [1.82, 2.24) is 5.32 Å². The van der Waals surface area contributed by atoms with Crippen molar-refractivity contribution >= 4 is 0 Å². The van der Waals surface area contributed by atoms with Crippen LogP contribution >= 0.6 is 0 Å². The molecule has 0 amide bonds. The van der Waals surface area contributed by atoms with Gasteiger partial charge in [-0.15, -0.1) is 0 Å². The van der Waals surface area contributed by atoms with E-state index in [4.69, 9.17) is 0 Å². The maximum atomic E-state index is 13.0. The first-order valence-electron chi connectivity index (χ1n) is 5.62. The highest BCUT2D eigenvalue weighted by Crippen LogP contribution is 2.19. The molecule has 1 N–H and O–H groups in total. The van der Waals surface area contributed by atoms with Crippen LogP contribution in [0.1, 0.15) is 38.7 Å². The maximum Gasteiger partial charge on any atom is 0.123 e. The first kappa shape index (κ1) is 12.2. The van der Waals surface area contributed by atoms with Crippen molar-refractivity contribution in [2.24, 2.45) is 0 Å². The number of benzene rings is 1. The van der Waals surface area contributed by atoms with Crippen molar-refractivity contribution in [3.8, 4) is 0 Å². The second kappa shape index (κ2) is 5.86. The van der Waals surface area contributed by atoms with Crippen LogP contribution in [0.5, 0.6) is 0 Å². The van der Waals surface area contributed by atoms with E-state index in [1.54, 1.807) is 12.1 Å². The van der Waals surface area contributed by atoms with Gasteiger partial charge in [0.05, 0.1) is 0 Å². The summed E-state index contributed by atoms with van der Waals surface area (Å²) >= 11 is 0. The first-order valence-corrected chi connectivity index (χ1v) is 5.62. The lowest BCUT2D eigenvalue weighted by Gasteiger charge is -2.18. The third-order valence-corrected chi connectivity index (χ3v) is 2.59. The van der Waals surface area contributed by atoms with Gasteiger partial charge in [0.25, 0.3) is 0 Å². The molecule has 0 saturated carbocycles. The zero-order valence-corrected chi connectivity index (χ0v) is 9.76. The Morgan fingerprint density at radius 2 is 2.07 bits per heavy atom. The summed E-state index contributed by atoms with van der Waals surface area (Å²) in [5, 5.41) is 3.39. The molecule has 1 unspecified atom stereocenters. The molecule has 1 nitrogen and oxygen atoms in total. The highest BCUT2D eigenvalue weighted by atomic mass is 19.1. The molecule has 2 heteroatoms. The first-order chi connectivity index (χ1) is 7.13. The smallest absolute Gasteiger partial charge is 0.123 e. The Bertz CT molecular complexity index is 296. The molecular formula is C13H20FN. The van der Waals surface area contributed by atoms with Crippen LogP contribution in [-0.4, -0.2) is 12.6 Å². The predicted octanol–water partition coefficient (Wildman–Crippen LogP) is 3.32. The van der Waals surface area contributed by atoms with Crippen molar-refractivity contribution in [3.05, 3.63) is 35.6 Å². The van der Waals surface area contributed by atoms with Gasteiger partial charge in [-0.2, -0.15) is 0 Å². The molecule has 0 aromatic heterocycles. The van der Waals surface area contributed by atoms with Gasteiger partial charge in [0.1, 0.15) is 5.82 Å². The second-order valence-electron chi connectivity index (χ2n) is 4.22. The van der Waals surface area contributed by atoms with Crippen LogP contribution < -0.4 is 5.32 Å². The lowest BCUT2D eigenvalue weighted by molar-refractivity contribution is 0.518. The molecule has 0 saturated heterocycles. The van der Waals surface area contributed by atoms with E-state index in [9.17, 15) is 4.39 Å². The minimum Gasteiger partial charge on any atom is -0.314 e. The Morgan fingerprint density at radius 1 is 1.33 bits per heavy atom. The molecule has 84 valence electrons. The van der Waals surface area contributed by atoms with E-state index in [-0.39, 0.29) is 5.82 Å². The van der Waals surface area contributed by atoms with Gasteiger partial charge >= 0.3 is 0 Å². The predicted molar refractivity (Wildman–Crippen MR) is 62.6 cm³/mol. The molecule has 15 heavy (non-hydrogen) atoms. The molecule has 1 aromatic rings. The molecule has 0 fully saturated rings. The number of hydrogen-bond donors (Lipinski definition) is 1. The van der Waals surface area contributed by atoms with Crippen molar-refractivity contribution in [1.29, 1.82) is 0 Å². The van der Waals surface area contributed by atoms with Crippen LogP contribution in [0.15, 0.2) is 24.3 Å². The highest BCUT2D eigenvalue weighted by molar-refractivity contribution is 5.20. The summed E-state index contributed by atoms with van der Waals surface area (Å²) in [6, 6.07) is 7.39. The van der Waals surface area contributed by atoms with E-state index >= 15 is 0 Å². The van der Waals surface area contributed by atoms with Gasteiger partial charge in [-0.1, -0.05) is 32.9 Å². The van der Waals surface area contributed by atoms with E-state index < -0.39 is 0 Å². The standard InChI is InChI=1S/C13H20FN/c1-4-11(9-15-10(2)3)12-6-5-7-13(14)8-12/h5-8,10-11,15H,4,9H2,1-3H3. The normalized spacial score (nSPS) is 13.1. The molecule has 1 atom stereocenters. The summed E-state index contributed by atoms with van der Waals surface area (Å²) in [4.78, 5) is 0. The monoisotopic (exact) mass is 209 g/mol. The summed E-state index contributed by atoms with van der Waals surface area (Å²) in [5.41, 5.74) is 1.09. The second-order valence-corrected chi connectivity index (χ2v) is 4.22. The maximum absolute atomic E-state index is 13.0. The van der Waals surface area contributed by atoms with Crippen LogP contribution in [0, 0.1) is 5.82 Å². The van der Waals surface area contributed by atoms with E-state index in [1.807, 2.05) is 6.07 Å². The van der Waals surface area contributed by atoms with Gasteiger partial charge < -0.3 is 5.32 Å². The van der Waals surface area contributed by atoms with Gasteiger partial charge in [-0.3, -0.25) is 0 Å². The Balaban J connectivity index is 2.65. The largest absolute Gasteiger partial charge is 0.314 e. The highest BCUT2D eigenvalue weighted by Gasteiger charge is 2.09. The minimum absolute atomic E-state index is 0.143. The van der Waals surface area contributed by atoms with Gasteiger partial charge in [-0.25, -0.2) is 4.39 Å². The van der Waals surface area contributed by atoms with Gasteiger partial charge in [0, 0.05) is 12.6 Å². The number of nitrogens with one attached hydrogen (secondary N) is 1. The summed E-state index contributed by atoms with van der Waals surface area (Å²) in [6.07, 6.45) is 1.03. The molecule has 0 aliphatic carbocycles. The van der Waals surface area contributed by atoms with Crippen molar-refractivity contribution < 1.29 is 4.39 Å². The Labute approximate surface area is 91.7 Å². The third-order valence-electron chi connectivity index (χ3n) is 2.59. The van der Waals surface area contributed by atoms with Crippen molar-refractivity contribution in [3.63, 3.8) is 0 Å². The Morgan fingerprint density at radius 3 is 2.60 bits per heavy atom. The van der Waals surface area contributed by atoms with Crippen LogP contribution in [-0.2, 0) is 0 Å². The fraction of sp³-hybridized carbons (Fsp3) is 0.538. The molecule has 1 aromatic carbocycles. The Hall–Kier alpha value is -0.890. The van der Waals surface area contributed by atoms with Crippen molar-refractivity contribution in [2.45, 2.75) is 39.2 Å². The quantitative estimate of drug-likeness (QED) is 0.784. The van der Waals surface area contributed by atoms with Crippen molar-refractivity contribution in [2.75, 3.05) is 6.54 Å². The van der Waals surface area contributed by atoms with Gasteiger partial charge in [-0.05, 0) is 30.0 Å². The SMILES string of the molecule is CCC(CNC(C)C)c1cccc(F)c1. The topological polar surface area (TPSA) is 12.0 Å². The average Bonchev–Trinajstić information content (AvgIpc) is 2.18.